The fourth-order valence-corrected chi connectivity index (χ4v) is 1.79. The Labute approximate surface area is 108 Å². The lowest BCUT2D eigenvalue weighted by atomic mass is 10.0. The van der Waals surface area contributed by atoms with Crippen molar-refractivity contribution in [3.05, 3.63) is 63.2 Å². The van der Waals surface area contributed by atoms with Gasteiger partial charge in [0.05, 0.1) is 16.6 Å². The summed E-state index contributed by atoms with van der Waals surface area (Å²) >= 11 is 5.89. The monoisotopic (exact) mass is 258 g/mol. The number of nitrogens with zero attached hydrogens (tertiary/aromatic N) is 2. The molecule has 5 heteroatoms. The van der Waals surface area contributed by atoms with Gasteiger partial charge in [0.25, 0.3) is 5.69 Å². The fraction of sp³-hybridized carbons (Fsp3) is 0. The van der Waals surface area contributed by atoms with Crippen LogP contribution in [0.1, 0.15) is 5.56 Å². The van der Waals surface area contributed by atoms with Crippen LogP contribution in [0.25, 0.3) is 11.1 Å². The van der Waals surface area contributed by atoms with Crippen molar-refractivity contribution in [3.8, 4) is 17.2 Å². The number of benzene rings is 2. The van der Waals surface area contributed by atoms with Crippen molar-refractivity contribution in [1.82, 2.24) is 0 Å². The maximum absolute atomic E-state index is 10.6. The molecule has 2 aromatic carbocycles. The molecular formula is C13H7ClN2O2. The number of hydrogen-bond donors (Lipinski definition) is 0. The molecule has 0 N–H and O–H groups in total. The second-order valence-corrected chi connectivity index (χ2v) is 4.04. The van der Waals surface area contributed by atoms with E-state index in [0.29, 0.717) is 16.1 Å². The van der Waals surface area contributed by atoms with Gasteiger partial charge >= 0.3 is 0 Å². The summed E-state index contributed by atoms with van der Waals surface area (Å²) in [7, 11) is 0. The third-order valence-corrected chi connectivity index (χ3v) is 2.73. The van der Waals surface area contributed by atoms with Crippen molar-refractivity contribution in [2.24, 2.45) is 0 Å². The average Bonchev–Trinajstić information content (AvgIpc) is 2.39. The van der Waals surface area contributed by atoms with E-state index in [1.807, 2.05) is 0 Å². The van der Waals surface area contributed by atoms with Crippen LogP contribution >= 0.6 is 11.6 Å². The Morgan fingerprint density at radius 3 is 2.39 bits per heavy atom. The maximum Gasteiger partial charge on any atom is 0.269 e. The van der Waals surface area contributed by atoms with Gasteiger partial charge in [-0.05, 0) is 35.9 Å². The van der Waals surface area contributed by atoms with Crippen LogP contribution in [-0.2, 0) is 0 Å². The molecule has 4 nitrogen and oxygen atoms in total. The van der Waals surface area contributed by atoms with Crippen LogP contribution < -0.4 is 0 Å². The summed E-state index contributed by atoms with van der Waals surface area (Å²) in [4.78, 5) is 10.1. The standard InChI is InChI=1S/C13H7ClN2O2/c14-11-4-1-10(8-15)13(7-11)9-2-5-12(6-3-9)16(17)18/h1-7H. The molecule has 0 aromatic heterocycles. The molecule has 0 amide bonds. The predicted octanol–water partition coefficient (Wildman–Crippen LogP) is 3.79. The first-order valence-corrected chi connectivity index (χ1v) is 5.44. The van der Waals surface area contributed by atoms with E-state index in [1.54, 1.807) is 30.3 Å². The minimum Gasteiger partial charge on any atom is -0.258 e. The van der Waals surface area contributed by atoms with Gasteiger partial charge in [0.15, 0.2) is 0 Å². The van der Waals surface area contributed by atoms with E-state index in [-0.39, 0.29) is 5.69 Å². The molecule has 0 unspecified atom stereocenters. The molecule has 0 saturated heterocycles. The van der Waals surface area contributed by atoms with Gasteiger partial charge in [-0.25, -0.2) is 0 Å². The van der Waals surface area contributed by atoms with Crippen LogP contribution in [0.4, 0.5) is 5.69 Å². The fourth-order valence-electron chi connectivity index (χ4n) is 1.62. The van der Waals surface area contributed by atoms with Gasteiger partial charge in [0, 0.05) is 22.7 Å². The van der Waals surface area contributed by atoms with Crippen molar-refractivity contribution in [1.29, 1.82) is 5.26 Å². The number of rotatable bonds is 2. The van der Waals surface area contributed by atoms with E-state index in [0.717, 1.165) is 5.56 Å². The third-order valence-electron chi connectivity index (χ3n) is 2.49. The highest BCUT2D eigenvalue weighted by Crippen LogP contribution is 2.28. The molecule has 0 bridgehead atoms. The van der Waals surface area contributed by atoms with Crippen molar-refractivity contribution in [2.75, 3.05) is 0 Å². The summed E-state index contributed by atoms with van der Waals surface area (Å²) in [6.45, 7) is 0. The van der Waals surface area contributed by atoms with Gasteiger partial charge in [0.1, 0.15) is 0 Å². The van der Waals surface area contributed by atoms with Gasteiger partial charge < -0.3 is 0 Å². The van der Waals surface area contributed by atoms with E-state index >= 15 is 0 Å². The highest BCUT2D eigenvalue weighted by molar-refractivity contribution is 6.30. The second kappa shape index (κ2) is 4.86. The number of non-ortho nitro benzene ring substituents is 1. The third kappa shape index (κ3) is 2.31. The summed E-state index contributed by atoms with van der Waals surface area (Å²) in [5, 5.41) is 20.1. The number of nitro benzene ring substituents is 1. The lowest BCUT2D eigenvalue weighted by Crippen LogP contribution is -1.88. The predicted molar refractivity (Wildman–Crippen MR) is 68.3 cm³/mol. The molecule has 2 aromatic rings. The van der Waals surface area contributed by atoms with Crippen molar-refractivity contribution < 1.29 is 4.92 Å². The van der Waals surface area contributed by atoms with Crippen LogP contribution in [-0.4, -0.2) is 4.92 Å². The summed E-state index contributed by atoms with van der Waals surface area (Å²) in [5.41, 5.74) is 1.88. The van der Waals surface area contributed by atoms with Gasteiger partial charge in [-0.15, -0.1) is 0 Å². The molecule has 2 rings (SSSR count). The minimum atomic E-state index is -0.465. The van der Waals surface area contributed by atoms with Crippen LogP contribution in [0.2, 0.25) is 5.02 Å². The minimum absolute atomic E-state index is 0.0132. The SMILES string of the molecule is N#Cc1ccc(Cl)cc1-c1ccc([N+](=O)[O-])cc1. The van der Waals surface area contributed by atoms with Crippen LogP contribution in [0, 0.1) is 21.4 Å². The molecule has 0 fully saturated rings. The number of nitro groups is 1. The second-order valence-electron chi connectivity index (χ2n) is 3.61. The first-order valence-electron chi connectivity index (χ1n) is 5.06. The average molecular weight is 259 g/mol. The zero-order valence-corrected chi connectivity index (χ0v) is 9.89. The summed E-state index contributed by atoms with van der Waals surface area (Å²) < 4.78 is 0. The van der Waals surface area contributed by atoms with Gasteiger partial charge in [-0.3, -0.25) is 10.1 Å². The summed E-state index contributed by atoms with van der Waals surface area (Å²) in [6, 6.07) is 13.0. The van der Waals surface area contributed by atoms with E-state index in [2.05, 4.69) is 6.07 Å². The van der Waals surface area contributed by atoms with Gasteiger partial charge in [-0.2, -0.15) is 5.26 Å². The molecule has 0 aliphatic heterocycles. The number of nitriles is 1. The zero-order valence-electron chi connectivity index (χ0n) is 9.13. The Balaban J connectivity index is 2.52. The molecule has 0 aliphatic rings. The number of hydrogen-bond acceptors (Lipinski definition) is 3. The van der Waals surface area contributed by atoms with Crippen molar-refractivity contribution in [2.45, 2.75) is 0 Å². The first-order chi connectivity index (χ1) is 8.61. The van der Waals surface area contributed by atoms with E-state index in [1.165, 1.54) is 12.1 Å². The van der Waals surface area contributed by atoms with Crippen molar-refractivity contribution >= 4 is 17.3 Å². The molecular weight excluding hydrogens is 252 g/mol. The Kier molecular flexibility index (Phi) is 3.26. The maximum atomic E-state index is 10.6. The van der Waals surface area contributed by atoms with Crippen LogP contribution in [0.15, 0.2) is 42.5 Å². The van der Waals surface area contributed by atoms with Crippen molar-refractivity contribution in [3.63, 3.8) is 0 Å². The summed E-state index contributed by atoms with van der Waals surface area (Å²) in [6.07, 6.45) is 0. The quantitative estimate of drug-likeness (QED) is 0.608. The summed E-state index contributed by atoms with van der Waals surface area (Å²) in [5.74, 6) is 0. The largest absolute Gasteiger partial charge is 0.269 e. The highest BCUT2D eigenvalue weighted by Gasteiger charge is 2.08. The molecule has 0 aliphatic carbocycles. The molecule has 0 spiro atoms. The molecule has 0 radical (unpaired) electrons. The topological polar surface area (TPSA) is 66.9 Å². The van der Waals surface area contributed by atoms with Crippen LogP contribution in [0.3, 0.4) is 0 Å². The Hall–Kier alpha value is -2.38. The van der Waals surface area contributed by atoms with Crippen LogP contribution in [0.5, 0.6) is 0 Å². The normalized spacial score (nSPS) is 9.78. The molecule has 0 atom stereocenters. The van der Waals surface area contributed by atoms with E-state index in [4.69, 9.17) is 16.9 Å². The molecule has 0 heterocycles. The zero-order chi connectivity index (χ0) is 13.1. The molecule has 18 heavy (non-hydrogen) atoms. The Morgan fingerprint density at radius 1 is 1.17 bits per heavy atom. The molecule has 0 saturated carbocycles. The molecule has 88 valence electrons. The Bertz CT molecular complexity index is 645. The van der Waals surface area contributed by atoms with E-state index < -0.39 is 4.92 Å². The van der Waals surface area contributed by atoms with Gasteiger partial charge in [0.2, 0.25) is 0 Å². The first kappa shape index (κ1) is 12.1. The highest BCUT2D eigenvalue weighted by atomic mass is 35.5. The van der Waals surface area contributed by atoms with E-state index in [9.17, 15) is 10.1 Å². The number of halogens is 1. The smallest absolute Gasteiger partial charge is 0.258 e. The van der Waals surface area contributed by atoms with Gasteiger partial charge in [-0.1, -0.05) is 11.6 Å². The Morgan fingerprint density at radius 2 is 1.83 bits per heavy atom. The lowest BCUT2D eigenvalue weighted by Gasteiger charge is -2.04. The lowest BCUT2D eigenvalue weighted by molar-refractivity contribution is -0.384.